The van der Waals surface area contributed by atoms with Crippen LogP contribution in [0.1, 0.15) is 28.8 Å². The largest absolute Gasteiger partial charge is 0.336 e. The minimum absolute atomic E-state index is 0.00574. The number of piperazine rings is 1. The van der Waals surface area contributed by atoms with Crippen molar-refractivity contribution in [2.45, 2.75) is 24.8 Å². The molecule has 3 heterocycles. The number of nitrogens with one attached hydrogen (secondary N) is 1. The fourth-order valence-electron chi connectivity index (χ4n) is 5.28. The van der Waals surface area contributed by atoms with Crippen LogP contribution in [0.2, 0.25) is 0 Å². The maximum Gasteiger partial charge on any atom is 0.253 e. The number of fused-ring (bicyclic) bond motifs is 1. The van der Waals surface area contributed by atoms with Crippen LogP contribution in [0.3, 0.4) is 0 Å². The van der Waals surface area contributed by atoms with Crippen molar-refractivity contribution in [3.05, 3.63) is 64.1 Å². The molecular formula is C25H27BrN4O3. The Balaban J connectivity index is 1.22. The van der Waals surface area contributed by atoms with Crippen LogP contribution in [0.15, 0.2) is 53.0 Å². The molecule has 2 fully saturated rings. The molecule has 0 saturated carbocycles. The fraction of sp³-hybridized carbons (Fsp3) is 0.400. The number of nitrogens with zero attached hydrogens (tertiary/aromatic N) is 3. The summed E-state index contributed by atoms with van der Waals surface area (Å²) in [6.45, 7) is 3.32. The zero-order valence-electron chi connectivity index (χ0n) is 18.4. The molecule has 0 bridgehead atoms. The predicted octanol–water partition coefficient (Wildman–Crippen LogP) is 2.76. The summed E-state index contributed by atoms with van der Waals surface area (Å²) in [6.07, 6.45) is 2.08. The minimum atomic E-state index is -0.788. The molecule has 0 aliphatic carbocycles. The van der Waals surface area contributed by atoms with Gasteiger partial charge in [0.05, 0.1) is 6.54 Å². The van der Waals surface area contributed by atoms with Gasteiger partial charge in [-0.2, -0.15) is 0 Å². The van der Waals surface area contributed by atoms with Crippen LogP contribution in [-0.4, -0.2) is 77.2 Å². The topological polar surface area (TPSA) is 73.0 Å². The number of anilines is 1. The molecule has 3 aliphatic heterocycles. The van der Waals surface area contributed by atoms with E-state index in [9.17, 15) is 14.4 Å². The lowest BCUT2D eigenvalue weighted by Gasteiger charge is -2.42. The molecular weight excluding hydrogens is 484 g/mol. The third-order valence-electron chi connectivity index (χ3n) is 7.05. The molecule has 1 N–H and O–H groups in total. The Kier molecular flexibility index (Phi) is 5.97. The van der Waals surface area contributed by atoms with Gasteiger partial charge in [0, 0.05) is 54.9 Å². The van der Waals surface area contributed by atoms with Crippen molar-refractivity contribution in [2.24, 2.45) is 0 Å². The number of halogens is 1. The lowest BCUT2D eigenvalue weighted by atomic mass is 9.83. The van der Waals surface area contributed by atoms with Gasteiger partial charge < -0.3 is 15.1 Å². The van der Waals surface area contributed by atoms with E-state index in [1.807, 2.05) is 53.4 Å². The highest BCUT2D eigenvalue weighted by molar-refractivity contribution is 9.10. The van der Waals surface area contributed by atoms with Gasteiger partial charge in [0.15, 0.2) is 0 Å². The molecule has 0 aromatic heterocycles. The molecule has 172 valence electrons. The second-order valence-corrected chi connectivity index (χ2v) is 9.96. The van der Waals surface area contributed by atoms with Crippen LogP contribution < -0.4 is 5.32 Å². The molecule has 1 unspecified atom stereocenters. The van der Waals surface area contributed by atoms with Crippen molar-refractivity contribution >= 4 is 39.3 Å². The number of amides is 3. The first kappa shape index (κ1) is 22.1. The number of rotatable bonds is 3. The molecule has 2 aromatic carbocycles. The number of para-hydroxylation sites is 1. The smallest absolute Gasteiger partial charge is 0.253 e. The van der Waals surface area contributed by atoms with Gasteiger partial charge in [-0.3, -0.25) is 19.3 Å². The Morgan fingerprint density at radius 1 is 1.00 bits per heavy atom. The van der Waals surface area contributed by atoms with Crippen LogP contribution in [0, 0.1) is 0 Å². The van der Waals surface area contributed by atoms with Gasteiger partial charge in [-0.25, -0.2) is 0 Å². The van der Waals surface area contributed by atoms with Gasteiger partial charge in [-0.05, 0) is 42.7 Å². The Morgan fingerprint density at radius 3 is 2.58 bits per heavy atom. The van der Waals surface area contributed by atoms with E-state index in [-0.39, 0.29) is 24.3 Å². The van der Waals surface area contributed by atoms with Crippen LogP contribution in [-0.2, 0) is 16.0 Å². The third-order valence-corrected chi connectivity index (χ3v) is 7.54. The zero-order chi connectivity index (χ0) is 23.0. The first-order chi connectivity index (χ1) is 16.0. The summed E-state index contributed by atoms with van der Waals surface area (Å²) in [5.74, 6) is -0.0661. The summed E-state index contributed by atoms with van der Waals surface area (Å²) in [6, 6.07) is 15.2. The van der Waals surface area contributed by atoms with Gasteiger partial charge in [-0.1, -0.05) is 40.2 Å². The van der Waals surface area contributed by atoms with E-state index in [4.69, 9.17) is 0 Å². The lowest BCUT2D eigenvalue weighted by molar-refractivity contribution is -0.144. The molecule has 8 heteroatoms. The summed E-state index contributed by atoms with van der Waals surface area (Å²) in [5.41, 5.74) is 1.80. The molecule has 5 rings (SSSR count). The van der Waals surface area contributed by atoms with E-state index in [2.05, 4.69) is 26.1 Å². The van der Waals surface area contributed by atoms with E-state index < -0.39 is 5.54 Å². The summed E-state index contributed by atoms with van der Waals surface area (Å²) in [4.78, 5) is 45.0. The molecule has 33 heavy (non-hydrogen) atoms. The highest BCUT2D eigenvalue weighted by Gasteiger charge is 2.51. The van der Waals surface area contributed by atoms with E-state index in [0.29, 0.717) is 51.1 Å². The molecule has 2 aromatic rings. The Bertz CT molecular complexity index is 1100. The maximum absolute atomic E-state index is 13.3. The van der Waals surface area contributed by atoms with E-state index in [0.717, 1.165) is 22.1 Å². The SMILES string of the molecule is O=C(c1cccc(Br)c1)N1CCN(CC(=O)N2CCCC23Cc2ccccc2NC3=O)CC1. The average molecular weight is 511 g/mol. The summed E-state index contributed by atoms with van der Waals surface area (Å²) in [7, 11) is 0. The average Bonchev–Trinajstić information content (AvgIpc) is 3.24. The minimum Gasteiger partial charge on any atom is -0.336 e. The van der Waals surface area contributed by atoms with Crippen molar-refractivity contribution in [3.63, 3.8) is 0 Å². The summed E-state index contributed by atoms with van der Waals surface area (Å²) < 4.78 is 0.881. The first-order valence-corrected chi connectivity index (χ1v) is 12.2. The molecule has 2 saturated heterocycles. The predicted molar refractivity (Wildman–Crippen MR) is 129 cm³/mol. The van der Waals surface area contributed by atoms with Gasteiger partial charge >= 0.3 is 0 Å². The number of benzene rings is 2. The van der Waals surface area contributed by atoms with E-state index in [1.165, 1.54) is 0 Å². The van der Waals surface area contributed by atoms with E-state index in [1.54, 1.807) is 4.90 Å². The van der Waals surface area contributed by atoms with Gasteiger partial charge in [-0.15, -0.1) is 0 Å². The first-order valence-electron chi connectivity index (χ1n) is 11.4. The third kappa shape index (κ3) is 4.17. The van der Waals surface area contributed by atoms with Gasteiger partial charge in [0.25, 0.3) is 11.8 Å². The quantitative estimate of drug-likeness (QED) is 0.688. The Hall–Kier alpha value is -2.71. The van der Waals surface area contributed by atoms with Gasteiger partial charge in [0.2, 0.25) is 5.91 Å². The van der Waals surface area contributed by atoms with Crippen molar-refractivity contribution in [1.29, 1.82) is 0 Å². The van der Waals surface area contributed by atoms with Crippen molar-refractivity contribution in [2.75, 3.05) is 44.6 Å². The second-order valence-electron chi connectivity index (χ2n) is 9.05. The molecule has 0 radical (unpaired) electrons. The maximum atomic E-state index is 13.3. The zero-order valence-corrected chi connectivity index (χ0v) is 20.0. The Labute approximate surface area is 201 Å². The normalized spacial score (nSPS) is 22.9. The molecule has 3 aliphatic rings. The van der Waals surface area contributed by atoms with Crippen LogP contribution in [0.25, 0.3) is 0 Å². The fourth-order valence-corrected chi connectivity index (χ4v) is 5.68. The van der Waals surface area contributed by atoms with Crippen LogP contribution in [0.4, 0.5) is 5.69 Å². The van der Waals surface area contributed by atoms with Crippen molar-refractivity contribution < 1.29 is 14.4 Å². The van der Waals surface area contributed by atoms with Gasteiger partial charge in [0.1, 0.15) is 5.54 Å². The molecule has 3 amide bonds. The molecule has 1 spiro atoms. The summed E-state index contributed by atoms with van der Waals surface area (Å²) in [5, 5.41) is 3.02. The Morgan fingerprint density at radius 2 is 1.79 bits per heavy atom. The molecule has 1 atom stereocenters. The lowest BCUT2D eigenvalue weighted by Crippen LogP contribution is -2.60. The molecule has 7 nitrogen and oxygen atoms in total. The summed E-state index contributed by atoms with van der Waals surface area (Å²) >= 11 is 3.42. The second kappa shape index (κ2) is 8.91. The monoisotopic (exact) mass is 510 g/mol. The van der Waals surface area contributed by atoms with E-state index >= 15 is 0 Å². The van der Waals surface area contributed by atoms with Crippen molar-refractivity contribution in [1.82, 2.24) is 14.7 Å². The van der Waals surface area contributed by atoms with Crippen molar-refractivity contribution in [3.8, 4) is 0 Å². The van der Waals surface area contributed by atoms with Crippen LogP contribution >= 0.6 is 15.9 Å². The number of likely N-dealkylation sites (tertiary alicyclic amines) is 1. The highest BCUT2D eigenvalue weighted by Crippen LogP contribution is 2.39. The standard InChI is InChI=1S/C25H27BrN4O3/c26-20-7-3-6-18(15-20)23(32)29-13-11-28(12-14-29)17-22(31)30-10-4-9-25(30)16-19-5-1-2-8-21(19)27-24(25)33/h1-3,5-8,15H,4,9-14,16-17H2,(H,27,33). The highest BCUT2D eigenvalue weighted by atomic mass is 79.9. The number of carbonyl (C=O) groups excluding carboxylic acids is 3. The number of carbonyl (C=O) groups is 3. The number of hydrogen-bond donors (Lipinski definition) is 1. The van der Waals surface area contributed by atoms with Crippen LogP contribution in [0.5, 0.6) is 0 Å². The number of hydrogen-bond acceptors (Lipinski definition) is 4.